The molecule has 0 saturated heterocycles. The Bertz CT molecular complexity index is 2390. The van der Waals surface area contributed by atoms with Crippen LogP contribution in [0.15, 0.2) is 186 Å². The average molecular weight is 1820 g/mol. The van der Waals surface area contributed by atoms with Gasteiger partial charge in [-0.05, 0) is 213 Å². The zero-order chi connectivity index (χ0) is 84.7. The molecule has 109 heavy (non-hydrogen) atoms. The Kier molecular flexibility index (Phi) is 107. The molecule has 0 amide bonds. The Labute approximate surface area is 740 Å². The minimum Gasteiger partial charge on any atom is -0.469 e. The van der Waals surface area contributed by atoms with Gasteiger partial charge in [-0.25, -0.2) is 0 Å². The molecule has 7 atom stereocenters. The second kappa shape index (κ2) is 94.2. The first-order chi connectivity index (χ1) is 52.3. The van der Waals surface area contributed by atoms with E-state index in [-0.39, 0.29) is 34.4 Å². The second-order valence-electron chi connectivity index (χ2n) is 27.0. The van der Waals surface area contributed by atoms with Crippen LogP contribution in [0.2, 0.25) is 18.1 Å². The van der Waals surface area contributed by atoms with Crippen LogP contribution in [0, 0.1) is 40.9 Å². The van der Waals surface area contributed by atoms with E-state index in [9.17, 15) is 9.59 Å². The third-order valence-corrected chi connectivity index (χ3v) is 25.4. The Morgan fingerprint density at radius 1 is 0.431 bits per heavy atom. The van der Waals surface area contributed by atoms with Crippen LogP contribution in [0.5, 0.6) is 0 Å². The van der Waals surface area contributed by atoms with Crippen LogP contribution in [-0.2, 0) is 23.5 Å². The fraction of sp³-hybridized carbons (Fsp3) is 0.618. The maximum atomic E-state index is 10.4. The van der Waals surface area contributed by atoms with Gasteiger partial charge in [0.15, 0.2) is 8.32 Å². The van der Waals surface area contributed by atoms with E-state index in [1.165, 1.54) is 216 Å². The van der Waals surface area contributed by atoms with Gasteiger partial charge in [0.1, 0.15) is 0 Å². The van der Waals surface area contributed by atoms with Crippen molar-refractivity contribution in [2.45, 2.75) is 300 Å². The number of methoxy groups -OCH3 is 2. The Hall–Kier alpha value is -0.983. The maximum absolute atomic E-state index is 10.4. The molecule has 0 aromatic heterocycles. The average Bonchev–Trinajstić information content (AvgIpc) is 1.58. The van der Waals surface area contributed by atoms with Crippen molar-refractivity contribution in [2.75, 3.05) is 14.2 Å². The van der Waals surface area contributed by atoms with E-state index in [4.69, 9.17) is 167 Å². The Balaban J connectivity index is -0.000000182. The van der Waals surface area contributed by atoms with Gasteiger partial charge in [-0.1, -0.05) is 381 Å². The topological polar surface area (TPSA) is 61.8 Å². The lowest BCUT2D eigenvalue weighted by Crippen LogP contribution is -2.58. The summed E-state index contributed by atoms with van der Waals surface area (Å²) in [6, 6.07) is 0. The molecule has 0 heterocycles. The molecule has 6 rings (SSSR count). The molecule has 4 saturated carbocycles. The first-order valence-electron chi connectivity index (χ1n) is 39.0. The van der Waals surface area contributed by atoms with Gasteiger partial charge < -0.3 is 13.9 Å². The van der Waals surface area contributed by atoms with Crippen LogP contribution < -0.4 is 0 Å². The molecule has 0 radical (unpaired) electrons. The Morgan fingerprint density at radius 3 is 1.18 bits per heavy atom. The normalized spacial score (nSPS) is 21.3. The fourth-order valence-corrected chi connectivity index (χ4v) is 15.0. The van der Waals surface area contributed by atoms with Crippen LogP contribution >= 0.6 is 162 Å². The van der Waals surface area contributed by atoms with Crippen molar-refractivity contribution < 1.29 is 23.5 Å². The van der Waals surface area contributed by atoms with Crippen LogP contribution in [-0.4, -0.2) is 40.1 Å². The maximum Gasteiger partial charge on any atom is 0.309 e. The molecular formula is C89H146Cl14O5Si. The van der Waals surface area contributed by atoms with E-state index in [0.29, 0.717) is 12.3 Å². The summed E-state index contributed by atoms with van der Waals surface area (Å²) in [7, 11) is 0.855. The number of allylic oxidation sites excluding steroid dienone is 15. The molecule has 1 unspecified atom stereocenters. The number of esters is 2. The summed E-state index contributed by atoms with van der Waals surface area (Å²) in [6.07, 6.45) is 69.3. The molecule has 6 aliphatic carbocycles. The molecule has 5 nitrogen and oxygen atoms in total. The molecular weight excluding hydrogens is 1670 g/mol. The van der Waals surface area contributed by atoms with Crippen molar-refractivity contribution in [3.05, 3.63) is 186 Å². The minimum atomic E-state index is -1.87. The van der Waals surface area contributed by atoms with E-state index in [2.05, 4.69) is 139 Å². The Morgan fingerprint density at radius 2 is 0.835 bits per heavy atom. The summed E-state index contributed by atoms with van der Waals surface area (Å²) in [5.74, 6) is 4.61. The van der Waals surface area contributed by atoms with Crippen LogP contribution in [0.1, 0.15) is 276 Å². The van der Waals surface area contributed by atoms with Crippen molar-refractivity contribution >= 4 is 183 Å². The quantitative estimate of drug-likeness (QED) is 0.0733. The molecule has 4 fully saturated rings. The fourth-order valence-electron chi connectivity index (χ4n) is 12.0. The smallest absolute Gasteiger partial charge is 0.309 e. The highest BCUT2D eigenvalue weighted by Crippen LogP contribution is 2.67. The first-order valence-corrected chi connectivity index (χ1v) is 48.0. The summed E-state index contributed by atoms with van der Waals surface area (Å²) in [6.45, 7) is 33.4. The summed E-state index contributed by atoms with van der Waals surface area (Å²) < 4.78 is 16.1. The van der Waals surface area contributed by atoms with Crippen molar-refractivity contribution in [1.29, 1.82) is 0 Å². The zero-order valence-corrected chi connectivity index (χ0v) is 81.3. The monoisotopic (exact) mass is 1810 g/mol. The van der Waals surface area contributed by atoms with E-state index >= 15 is 0 Å². The van der Waals surface area contributed by atoms with Crippen molar-refractivity contribution in [1.82, 2.24) is 0 Å². The van der Waals surface area contributed by atoms with Crippen molar-refractivity contribution in [3.8, 4) is 0 Å². The molecule has 0 spiro atoms. The number of rotatable bonds is 19. The summed E-state index contributed by atoms with van der Waals surface area (Å²) in [4.78, 5) is 20.7. The lowest BCUT2D eigenvalue weighted by Gasteiger charge is -2.58. The molecule has 0 bridgehead atoms. The molecule has 6 aliphatic rings. The zero-order valence-electron chi connectivity index (χ0n) is 69.7. The van der Waals surface area contributed by atoms with Crippen LogP contribution in [0.25, 0.3) is 0 Å². The SMILES string of the molecule is CC(C)(C)[Si](C)(C)O[C@@]1(C/C=C\Cl)CC[C@H]2[C@@H]3CCC4=CCCC[C@@H]4[C@H]3CC[C@@]21C.CC/C=C\CC.CC/C=C\CC.CC/C=C\CC(=O)OC.CC/C=C\Cl.CC/C=C\Cl.CC/C=C\Cl.CC/C=C\Cl.COC(=O)C/C=C\Cl.Cl/C=C\C1CC=CCC1.Cl/C=C\C1CCCCC1.Cl/C=C\Cl.Cl/C=C\Cl.Cl/C=C\Cl. The number of hydrogen-bond donors (Lipinski definition) is 0. The van der Waals surface area contributed by atoms with Crippen molar-refractivity contribution in [3.63, 3.8) is 0 Å². The first kappa shape index (κ1) is 124. The molecule has 0 aliphatic heterocycles. The molecule has 0 aromatic carbocycles. The molecule has 0 aromatic rings. The van der Waals surface area contributed by atoms with E-state index in [0.717, 1.165) is 68.1 Å². The van der Waals surface area contributed by atoms with E-state index in [1.54, 1.807) is 16.6 Å². The largest absolute Gasteiger partial charge is 0.469 e. The third kappa shape index (κ3) is 74.3. The van der Waals surface area contributed by atoms with E-state index in [1.807, 2.05) is 76.6 Å². The molecule has 0 N–H and O–H groups in total. The highest BCUT2D eigenvalue weighted by atomic mass is 35.5. The van der Waals surface area contributed by atoms with Crippen molar-refractivity contribution in [2.24, 2.45) is 40.9 Å². The predicted octanol–water partition coefficient (Wildman–Crippen LogP) is 37.2. The number of hydrogen-bond acceptors (Lipinski definition) is 5. The van der Waals surface area contributed by atoms with Gasteiger partial charge in [0.25, 0.3) is 0 Å². The summed E-state index contributed by atoms with van der Waals surface area (Å²) in [5.41, 5.74) is 21.9. The number of ether oxygens (including phenoxy) is 2. The second-order valence-corrected chi connectivity index (χ2v) is 35.3. The van der Waals surface area contributed by atoms with Gasteiger partial charge in [-0.15, -0.1) is 0 Å². The number of carbonyl (C=O) groups excluding carboxylic acids is 2. The number of fused-ring (bicyclic) bond motifs is 5. The van der Waals surface area contributed by atoms with Crippen LogP contribution in [0.3, 0.4) is 0 Å². The standard InChI is InChI=1S/C27H45ClOSi.C8H13Cl.C8H11Cl.C7H12O2.2C6H12.C5H7ClO2.4C4H7Cl.3C2H2Cl2/c1-25(2,3)30(5,6)29-27(16-9-19-28)18-15-24-23-13-12-20-10-7-8-11-21(20)22(23)14-17-26(24,27)4;2*9-7-6-8-4-2-1-3-5-8;1-3-4-5-6-7(8)9-2;2*1-3-5-6-4-2;1-8-5(7)3-2-4-6;4*1-2-3-4-5;3*3-1-2-4/h9-10,19,21-24H,7-8,11-18H2,1-6H3;6-8H,1-5H2;1-2,6-8H,3-5H2;4-5H,3,6H2,1-2H3;2*5-6H,3-4H2,1-2H3;2,4H,3H2,1H3;4*3-4H,2H2,1H3;3*1-2H/b19-9-;2*7-6-;5-4-;2*6-5-;4-2-;4*4-3-;3*2-1-/t21-,22+,23+,24-,26-,27-;;;;;;;;;;;;;/m0............./s1. The van der Waals surface area contributed by atoms with Gasteiger partial charge >= 0.3 is 11.9 Å². The minimum absolute atomic E-state index is 0.0281. The van der Waals surface area contributed by atoms with Gasteiger partial charge in [-0.3, -0.25) is 9.59 Å². The lowest BCUT2D eigenvalue weighted by atomic mass is 9.50. The lowest BCUT2D eigenvalue weighted by molar-refractivity contribution is -0.140. The third-order valence-electron chi connectivity index (χ3n) is 18.3. The van der Waals surface area contributed by atoms with Gasteiger partial charge in [-0.2, -0.15) is 0 Å². The summed E-state index contributed by atoms with van der Waals surface area (Å²) in [5, 5.41) is 0.239. The van der Waals surface area contributed by atoms with Gasteiger partial charge in [0.05, 0.1) is 32.7 Å². The van der Waals surface area contributed by atoms with Gasteiger partial charge in [0, 0.05) is 77.5 Å². The van der Waals surface area contributed by atoms with Gasteiger partial charge in [0.2, 0.25) is 0 Å². The summed E-state index contributed by atoms with van der Waals surface area (Å²) >= 11 is 71.8. The highest BCUT2D eigenvalue weighted by molar-refractivity contribution is 6.74. The molecule has 634 valence electrons. The van der Waals surface area contributed by atoms with E-state index < -0.39 is 8.32 Å². The number of halogens is 14. The predicted molar refractivity (Wildman–Crippen MR) is 506 cm³/mol. The molecule has 20 heteroatoms. The number of carbonyl (C=O) groups is 2. The highest BCUT2D eigenvalue weighted by Gasteiger charge is 2.64. The van der Waals surface area contributed by atoms with Crippen LogP contribution in [0.4, 0.5) is 0 Å².